The molecule has 9 heteroatoms. The van der Waals surface area contributed by atoms with E-state index in [0.717, 1.165) is 63.8 Å². The van der Waals surface area contributed by atoms with E-state index in [2.05, 4.69) is 37.1 Å². The molecular formula is C32H36ClN5O3. The minimum atomic E-state index is -0.597. The van der Waals surface area contributed by atoms with Crippen LogP contribution in [0.25, 0.3) is 16.9 Å². The lowest BCUT2D eigenvalue weighted by Gasteiger charge is -2.27. The molecular weight excluding hydrogens is 538 g/mol. The standard InChI is InChI=1S/C32H36ClN5O3/c1-20(2)19-41-29-7-5-6-21(3)30(29)38-31(22-8-11-24(12-9-22)35-32(34)39)26-18-37(15-14-28(26)36-38)17-23-10-13-25(40-4)16-27(23)33/h5-13,16,20H,14-15,17-19H2,1-4H3,(H3,34,35,39). The zero-order valence-electron chi connectivity index (χ0n) is 23.9. The first-order valence-electron chi connectivity index (χ1n) is 13.8. The second-order valence-electron chi connectivity index (χ2n) is 10.8. The lowest BCUT2D eigenvalue weighted by Crippen LogP contribution is -2.30. The number of nitrogens with one attached hydrogen (secondary N) is 1. The summed E-state index contributed by atoms with van der Waals surface area (Å²) in [5.41, 5.74) is 13.2. The molecule has 8 nitrogen and oxygen atoms in total. The number of amides is 2. The third kappa shape index (κ3) is 6.34. The quantitative estimate of drug-likeness (QED) is 0.235. The van der Waals surface area contributed by atoms with Crippen LogP contribution in [0.15, 0.2) is 60.7 Å². The molecule has 41 heavy (non-hydrogen) atoms. The number of nitrogens with zero attached hydrogens (tertiary/aromatic N) is 3. The SMILES string of the molecule is COc1ccc(CN2CCc3nn(-c4c(C)cccc4OCC(C)C)c(-c4ccc(NC(N)=O)cc4)c3C2)c(Cl)c1. The molecule has 1 aliphatic rings. The summed E-state index contributed by atoms with van der Waals surface area (Å²) in [6.07, 6.45) is 0.804. The van der Waals surface area contributed by atoms with Gasteiger partial charge < -0.3 is 20.5 Å². The summed E-state index contributed by atoms with van der Waals surface area (Å²) >= 11 is 6.60. The van der Waals surface area contributed by atoms with Gasteiger partial charge in [-0.25, -0.2) is 9.48 Å². The van der Waals surface area contributed by atoms with Gasteiger partial charge >= 0.3 is 6.03 Å². The highest BCUT2D eigenvalue weighted by Crippen LogP contribution is 2.38. The normalized spacial score (nSPS) is 13.2. The van der Waals surface area contributed by atoms with E-state index in [1.807, 2.05) is 59.3 Å². The number of fused-ring (bicyclic) bond motifs is 1. The van der Waals surface area contributed by atoms with Gasteiger partial charge in [-0.05, 0) is 54.3 Å². The van der Waals surface area contributed by atoms with Crippen LogP contribution in [0.5, 0.6) is 11.5 Å². The summed E-state index contributed by atoms with van der Waals surface area (Å²) in [6, 6.07) is 19.0. The molecule has 214 valence electrons. The molecule has 3 aromatic carbocycles. The van der Waals surface area contributed by atoms with Gasteiger partial charge in [0.25, 0.3) is 0 Å². The highest BCUT2D eigenvalue weighted by molar-refractivity contribution is 6.31. The van der Waals surface area contributed by atoms with E-state index < -0.39 is 6.03 Å². The van der Waals surface area contributed by atoms with E-state index in [-0.39, 0.29) is 0 Å². The molecule has 1 aromatic heterocycles. The van der Waals surface area contributed by atoms with Crippen molar-refractivity contribution in [1.29, 1.82) is 0 Å². The molecule has 2 heterocycles. The fraction of sp³-hybridized carbons (Fsp3) is 0.312. The number of halogens is 1. The molecule has 1 aliphatic heterocycles. The van der Waals surface area contributed by atoms with Gasteiger partial charge in [-0.1, -0.05) is 55.8 Å². The molecule has 3 N–H and O–H groups in total. The number of rotatable bonds is 9. The topological polar surface area (TPSA) is 94.6 Å². The van der Waals surface area contributed by atoms with Crippen LogP contribution in [-0.4, -0.2) is 41.0 Å². The van der Waals surface area contributed by atoms with Crippen molar-refractivity contribution in [2.75, 3.05) is 25.6 Å². The predicted octanol–water partition coefficient (Wildman–Crippen LogP) is 6.59. The molecule has 0 spiro atoms. The van der Waals surface area contributed by atoms with Crippen LogP contribution in [0.4, 0.5) is 10.5 Å². The summed E-state index contributed by atoms with van der Waals surface area (Å²) in [4.78, 5) is 13.8. The van der Waals surface area contributed by atoms with Gasteiger partial charge in [0.15, 0.2) is 0 Å². The lowest BCUT2D eigenvalue weighted by atomic mass is 9.99. The van der Waals surface area contributed by atoms with E-state index in [4.69, 9.17) is 31.9 Å². The van der Waals surface area contributed by atoms with Crippen LogP contribution in [0, 0.1) is 12.8 Å². The van der Waals surface area contributed by atoms with Gasteiger partial charge in [-0.3, -0.25) is 4.90 Å². The smallest absolute Gasteiger partial charge is 0.316 e. The van der Waals surface area contributed by atoms with E-state index in [1.165, 1.54) is 0 Å². The monoisotopic (exact) mass is 573 g/mol. The zero-order valence-corrected chi connectivity index (χ0v) is 24.7. The van der Waals surface area contributed by atoms with Crippen LogP contribution in [0.1, 0.15) is 36.2 Å². The molecule has 0 bridgehead atoms. The second-order valence-corrected chi connectivity index (χ2v) is 11.2. The largest absolute Gasteiger partial charge is 0.497 e. The van der Waals surface area contributed by atoms with Gasteiger partial charge in [-0.2, -0.15) is 5.10 Å². The van der Waals surface area contributed by atoms with Crippen molar-refractivity contribution in [2.45, 2.75) is 40.3 Å². The Hall–Kier alpha value is -4.01. The number of aryl methyl sites for hydroxylation is 1. The number of ether oxygens (including phenoxy) is 2. The molecule has 5 rings (SSSR count). The van der Waals surface area contributed by atoms with Gasteiger partial charge in [-0.15, -0.1) is 0 Å². The van der Waals surface area contributed by atoms with E-state index >= 15 is 0 Å². The molecule has 0 atom stereocenters. The highest BCUT2D eigenvalue weighted by Gasteiger charge is 2.28. The van der Waals surface area contributed by atoms with Crippen molar-refractivity contribution in [2.24, 2.45) is 11.7 Å². The van der Waals surface area contributed by atoms with Gasteiger partial charge in [0.05, 0.1) is 25.1 Å². The molecule has 4 aromatic rings. The number of carbonyl (C=O) groups is 1. The van der Waals surface area contributed by atoms with Gasteiger partial charge in [0, 0.05) is 47.9 Å². The number of hydrogen-bond acceptors (Lipinski definition) is 5. The Morgan fingerprint density at radius 3 is 2.61 bits per heavy atom. The number of primary amides is 1. The Balaban J connectivity index is 1.58. The first kappa shape index (κ1) is 28.5. The molecule has 0 fully saturated rings. The summed E-state index contributed by atoms with van der Waals surface area (Å²) in [5, 5.41) is 8.51. The van der Waals surface area contributed by atoms with Crippen LogP contribution in [0.3, 0.4) is 0 Å². The lowest BCUT2D eigenvalue weighted by molar-refractivity contribution is 0.245. The maximum absolute atomic E-state index is 11.4. The van der Waals surface area contributed by atoms with Crippen molar-refractivity contribution in [3.05, 3.63) is 88.1 Å². The second kappa shape index (κ2) is 12.2. The van der Waals surface area contributed by atoms with E-state index in [0.29, 0.717) is 36.3 Å². The Morgan fingerprint density at radius 1 is 1.15 bits per heavy atom. The average Bonchev–Trinajstić information content (AvgIpc) is 3.31. The first-order chi connectivity index (χ1) is 19.7. The molecule has 0 radical (unpaired) electrons. The molecule has 2 amide bonds. The number of aromatic nitrogens is 2. The summed E-state index contributed by atoms with van der Waals surface area (Å²) < 4.78 is 13.7. The van der Waals surface area contributed by atoms with Crippen LogP contribution in [0.2, 0.25) is 5.02 Å². The summed E-state index contributed by atoms with van der Waals surface area (Å²) in [5.74, 6) is 1.93. The number of methoxy groups -OCH3 is 1. The molecule has 0 saturated heterocycles. The number of para-hydroxylation sites is 1. The van der Waals surface area contributed by atoms with Gasteiger partial charge in [0.1, 0.15) is 17.2 Å². The number of hydrogen-bond donors (Lipinski definition) is 2. The van der Waals surface area contributed by atoms with Crippen LogP contribution < -0.4 is 20.5 Å². The zero-order chi connectivity index (χ0) is 29.1. The number of nitrogens with two attached hydrogens (primary N) is 1. The Morgan fingerprint density at radius 2 is 1.93 bits per heavy atom. The van der Waals surface area contributed by atoms with E-state index in [1.54, 1.807) is 7.11 Å². The van der Waals surface area contributed by atoms with Gasteiger partial charge in [0.2, 0.25) is 0 Å². The maximum Gasteiger partial charge on any atom is 0.316 e. The van der Waals surface area contributed by atoms with E-state index in [9.17, 15) is 4.79 Å². The Kier molecular flexibility index (Phi) is 8.52. The Bertz CT molecular complexity index is 1550. The third-order valence-electron chi connectivity index (χ3n) is 7.18. The summed E-state index contributed by atoms with van der Waals surface area (Å²) in [7, 11) is 1.64. The first-order valence-corrected chi connectivity index (χ1v) is 14.2. The van der Waals surface area contributed by atoms with Crippen molar-refractivity contribution < 1.29 is 14.3 Å². The average molecular weight is 574 g/mol. The van der Waals surface area contributed by atoms with Crippen LogP contribution in [-0.2, 0) is 19.5 Å². The minimum Gasteiger partial charge on any atom is -0.497 e. The fourth-order valence-corrected chi connectivity index (χ4v) is 5.41. The van der Waals surface area contributed by atoms with Crippen LogP contribution >= 0.6 is 11.6 Å². The molecule has 0 unspecified atom stereocenters. The number of anilines is 1. The minimum absolute atomic E-state index is 0.386. The van der Waals surface area contributed by atoms with Crippen molar-refractivity contribution in [1.82, 2.24) is 14.7 Å². The number of benzene rings is 3. The van der Waals surface area contributed by atoms with Crippen molar-refractivity contribution in [3.63, 3.8) is 0 Å². The maximum atomic E-state index is 11.4. The van der Waals surface area contributed by atoms with Crippen molar-refractivity contribution in [3.8, 4) is 28.4 Å². The van der Waals surface area contributed by atoms with Crippen molar-refractivity contribution >= 4 is 23.3 Å². The third-order valence-corrected chi connectivity index (χ3v) is 7.53. The predicted molar refractivity (Wildman–Crippen MR) is 163 cm³/mol. The summed E-state index contributed by atoms with van der Waals surface area (Å²) in [6.45, 7) is 9.25. The number of urea groups is 1. The Labute approximate surface area is 246 Å². The fourth-order valence-electron chi connectivity index (χ4n) is 5.18. The molecule has 0 saturated carbocycles. The highest BCUT2D eigenvalue weighted by atomic mass is 35.5. The number of carbonyl (C=O) groups excluding carboxylic acids is 1. The molecule has 0 aliphatic carbocycles.